The maximum Gasteiger partial charge on any atom is 0.227 e. The summed E-state index contributed by atoms with van der Waals surface area (Å²) in [5, 5.41) is 3.16. The molecule has 0 aliphatic carbocycles. The molecular weight excluding hydrogens is 202 g/mol. The van der Waals surface area contributed by atoms with Gasteiger partial charge in [-0.05, 0) is 18.8 Å². The van der Waals surface area contributed by atoms with Crippen LogP contribution < -0.4 is 11.1 Å². The van der Waals surface area contributed by atoms with Gasteiger partial charge in [-0.1, -0.05) is 19.9 Å². The van der Waals surface area contributed by atoms with Gasteiger partial charge in [0, 0.05) is 6.54 Å². The number of aryl methyl sites for hydroxylation is 1. The van der Waals surface area contributed by atoms with E-state index in [9.17, 15) is 0 Å². The molecule has 0 aromatic carbocycles. The van der Waals surface area contributed by atoms with Crippen LogP contribution in [-0.2, 0) is 0 Å². The Bertz CT molecular complexity index is 352. The van der Waals surface area contributed by atoms with Crippen LogP contribution in [0.2, 0.25) is 0 Å². The average molecular weight is 221 g/mol. The summed E-state index contributed by atoms with van der Waals surface area (Å²) in [4.78, 5) is 12.1. The molecule has 1 aromatic heterocycles. The topological polar surface area (TPSA) is 76.7 Å². The first-order chi connectivity index (χ1) is 7.43. The van der Waals surface area contributed by atoms with Gasteiger partial charge in [0.05, 0.1) is 0 Å². The fourth-order valence-electron chi connectivity index (χ4n) is 1.36. The Morgan fingerprint density at radius 2 is 2.06 bits per heavy atom. The van der Waals surface area contributed by atoms with Crippen molar-refractivity contribution in [3.63, 3.8) is 0 Å². The number of rotatable bonds is 5. The predicted octanol–water partition coefficient (Wildman–Crippen LogP) is 1.78. The Balaban J connectivity index is 2.63. The first-order valence-corrected chi connectivity index (χ1v) is 5.26. The molecule has 0 spiro atoms. The highest BCUT2D eigenvalue weighted by molar-refractivity contribution is 5.30. The molecule has 0 amide bonds. The molecule has 5 heteroatoms. The maximum absolute atomic E-state index is 5.54. The van der Waals surface area contributed by atoms with Gasteiger partial charge in [0.2, 0.25) is 11.9 Å². The van der Waals surface area contributed by atoms with Gasteiger partial charge >= 0.3 is 0 Å². The second-order valence-corrected chi connectivity index (χ2v) is 4.57. The Morgan fingerprint density at radius 3 is 2.62 bits per heavy atom. The number of nitrogens with two attached hydrogens (primary N) is 1. The van der Waals surface area contributed by atoms with Crippen LogP contribution in [-0.4, -0.2) is 21.5 Å². The molecule has 3 N–H and O–H groups in total. The lowest BCUT2D eigenvalue weighted by Crippen LogP contribution is -2.23. The summed E-state index contributed by atoms with van der Waals surface area (Å²) >= 11 is 0. The molecule has 0 saturated heterocycles. The van der Waals surface area contributed by atoms with Crippen LogP contribution in [0.1, 0.15) is 26.1 Å². The summed E-state index contributed by atoms with van der Waals surface area (Å²) < 4.78 is 0. The highest BCUT2D eigenvalue weighted by Crippen LogP contribution is 2.20. The van der Waals surface area contributed by atoms with Crippen LogP contribution in [0.3, 0.4) is 0 Å². The van der Waals surface area contributed by atoms with E-state index < -0.39 is 0 Å². The Labute approximate surface area is 96.2 Å². The zero-order valence-corrected chi connectivity index (χ0v) is 10.1. The van der Waals surface area contributed by atoms with E-state index in [4.69, 9.17) is 5.73 Å². The van der Waals surface area contributed by atoms with E-state index in [1.54, 1.807) is 6.92 Å². The van der Waals surface area contributed by atoms with Crippen molar-refractivity contribution in [3.8, 4) is 0 Å². The summed E-state index contributed by atoms with van der Waals surface area (Å²) in [6, 6.07) is 0. The smallest absolute Gasteiger partial charge is 0.227 e. The van der Waals surface area contributed by atoms with E-state index in [0.717, 1.165) is 13.0 Å². The zero-order valence-electron chi connectivity index (χ0n) is 10.1. The summed E-state index contributed by atoms with van der Waals surface area (Å²) in [6.07, 6.45) is 2.84. The molecule has 0 radical (unpaired) electrons. The SMILES string of the molecule is C=CCC(C)(C)CNc1nc(C)nc(N)n1. The molecule has 0 aliphatic rings. The standard InChI is InChI=1S/C11H19N5/c1-5-6-11(3,4)7-13-10-15-8(2)14-9(12)16-10/h5H,1,6-7H2,2-4H3,(H3,12,13,14,15,16). The minimum atomic E-state index is 0.122. The van der Waals surface area contributed by atoms with E-state index >= 15 is 0 Å². The lowest BCUT2D eigenvalue weighted by molar-refractivity contribution is 0.397. The highest BCUT2D eigenvalue weighted by Gasteiger charge is 2.16. The zero-order chi connectivity index (χ0) is 12.2. The van der Waals surface area contributed by atoms with Crippen LogP contribution in [0, 0.1) is 12.3 Å². The van der Waals surface area contributed by atoms with E-state index in [2.05, 4.69) is 40.7 Å². The lowest BCUT2D eigenvalue weighted by Gasteiger charge is -2.23. The second-order valence-electron chi connectivity index (χ2n) is 4.57. The quantitative estimate of drug-likeness (QED) is 0.741. The first kappa shape index (κ1) is 12.4. The largest absolute Gasteiger partial charge is 0.368 e. The maximum atomic E-state index is 5.54. The van der Waals surface area contributed by atoms with Gasteiger partial charge in [-0.25, -0.2) is 0 Å². The molecular formula is C11H19N5. The molecule has 1 rings (SSSR count). The summed E-state index contributed by atoms with van der Waals surface area (Å²) in [5.74, 6) is 1.40. The Kier molecular flexibility index (Phi) is 3.82. The third kappa shape index (κ3) is 3.84. The van der Waals surface area contributed by atoms with Crippen molar-refractivity contribution in [1.82, 2.24) is 15.0 Å². The van der Waals surface area contributed by atoms with Gasteiger partial charge in [-0.2, -0.15) is 15.0 Å². The van der Waals surface area contributed by atoms with Crippen molar-refractivity contribution >= 4 is 11.9 Å². The normalized spacial score (nSPS) is 11.2. The predicted molar refractivity (Wildman–Crippen MR) is 66.1 cm³/mol. The summed E-state index contributed by atoms with van der Waals surface area (Å²) in [5.41, 5.74) is 5.66. The van der Waals surface area contributed by atoms with Crippen molar-refractivity contribution in [1.29, 1.82) is 0 Å². The van der Waals surface area contributed by atoms with Crippen LogP contribution in [0.5, 0.6) is 0 Å². The fraction of sp³-hybridized carbons (Fsp3) is 0.545. The molecule has 0 saturated carbocycles. The van der Waals surface area contributed by atoms with E-state index in [0.29, 0.717) is 11.8 Å². The number of nitrogens with one attached hydrogen (secondary N) is 1. The fourth-order valence-corrected chi connectivity index (χ4v) is 1.36. The van der Waals surface area contributed by atoms with Crippen molar-refractivity contribution < 1.29 is 0 Å². The molecule has 5 nitrogen and oxygen atoms in total. The Morgan fingerprint density at radius 1 is 1.38 bits per heavy atom. The molecule has 88 valence electrons. The number of hydrogen-bond donors (Lipinski definition) is 2. The van der Waals surface area contributed by atoms with Gasteiger partial charge in [-0.15, -0.1) is 6.58 Å². The van der Waals surface area contributed by atoms with E-state index in [1.807, 2.05) is 6.08 Å². The van der Waals surface area contributed by atoms with E-state index in [-0.39, 0.29) is 11.4 Å². The van der Waals surface area contributed by atoms with Crippen LogP contribution >= 0.6 is 0 Å². The van der Waals surface area contributed by atoms with E-state index in [1.165, 1.54) is 0 Å². The molecule has 0 aliphatic heterocycles. The van der Waals surface area contributed by atoms with Gasteiger partial charge in [-0.3, -0.25) is 0 Å². The number of aromatic nitrogens is 3. The minimum absolute atomic E-state index is 0.122. The molecule has 0 atom stereocenters. The van der Waals surface area contributed by atoms with Crippen LogP contribution in [0.4, 0.5) is 11.9 Å². The molecule has 1 heterocycles. The van der Waals surface area contributed by atoms with Crippen molar-refractivity contribution in [3.05, 3.63) is 18.5 Å². The van der Waals surface area contributed by atoms with Crippen LogP contribution in [0.15, 0.2) is 12.7 Å². The molecule has 1 aromatic rings. The highest BCUT2D eigenvalue weighted by atomic mass is 15.2. The summed E-state index contributed by atoms with van der Waals surface area (Å²) in [6.45, 7) is 10.6. The van der Waals surface area contributed by atoms with Gasteiger partial charge in [0.15, 0.2) is 0 Å². The van der Waals surface area contributed by atoms with Crippen molar-refractivity contribution in [2.75, 3.05) is 17.6 Å². The molecule has 0 unspecified atom stereocenters. The van der Waals surface area contributed by atoms with Gasteiger partial charge < -0.3 is 11.1 Å². The summed E-state index contributed by atoms with van der Waals surface area (Å²) in [7, 11) is 0. The van der Waals surface area contributed by atoms with Crippen molar-refractivity contribution in [2.45, 2.75) is 27.2 Å². The van der Waals surface area contributed by atoms with Crippen molar-refractivity contribution in [2.24, 2.45) is 5.41 Å². The average Bonchev–Trinajstić information content (AvgIpc) is 2.13. The Hall–Kier alpha value is -1.65. The number of hydrogen-bond acceptors (Lipinski definition) is 5. The first-order valence-electron chi connectivity index (χ1n) is 5.26. The number of nitrogen functional groups attached to an aromatic ring is 1. The minimum Gasteiger partial charge on any atom is -0.368 e. The van der Waals surface area contributed by atoms with Crippen LogP contribution in [0.25, 0.3) is 0 Å². The monoisotopic (exact) mass is 221 g/mol. The number of allylic oxidation sites excluding steroid dienone is 1. The molecule has 0 fully saturated rings. The molecule has 16 heavy (non-hydrogen) atoms. The number of nitrogens with zero attached hydrogens (tertiary/aromatic N) is 3. The van der Waals surface area contributed by atoms with Gasteiger partial charge in [0.25, 0.3) is 0 Å². The second kappa shape index (κ2) is 4.92. The third-order valence-electron chi connectivity index (χ3n) is 2.19. The van der Waals surface area contributed by atoms with Gasteiger partial charge in [0.1, 0.15) is 5.82 Å². The third-order valence-corrected chi connectivity index (χ3v) is 2.19. The lowest BCUT2D eigenvalue weighted by atomic mass is 9.89. The number of anilines is 2. The molecule has 0 bridgehead atoms.